The highest BCUT2D eigenvalue weighted by molar-refractivity contribution is 7.91. The van der Waals surface area contributed by atoms with E-state index in [2.05, 4.69) is 4.90 Å². The largest absolute Gasteiger partial charge is 0.340 e. The van der Waals surface area contributed by atoms with Crippen LogP contribution in [0.4, 0.5) is 8.78 Å². The smallest absolute Gasteiger partial charge is 0.226 e. The topological polar surface area (TPSA) is 57.7 Å². The number of halogens is 2. The predicted octanol–water partition coefficient (Wildman–Crippen LogP) is 2.63. The van der Waals surface area contributed by atoms with Gasteiger partial charge < -0.3 is 4.90 Å². The van der Waals surface area contributed by atoms with Crippen LogP contribution in [0.25, 0.3) is 0 Å². The summed E-state index contributed by atoms with van der Waals surface area (Å²) in [4.78, 5) is 16.7. The molecule has 0 unspecified atom stereocenters. The zero-order valence-electron chi connectivity index (χ0n) is 16.5. The molecule has 2 fully saturated rings. The van der Waals surface area contributed by atoms with E-state index in [0.717, 1.165) is 11.1 Å². The third-order valence-electron chi connectivity index (χ3n) is 5.94. The van der Waals surface area contributed by atoms with Gasteiger partial charge in [0, 0.05) is 26.2 Å². The van der Waals surface area contributed by atoms with Crippen LogP contribution < -0.4 is 0 Å². The Morgan fingerprint density at radius 1 is 0.867 bits per heavy atom. The number of sulfone groups is 1. The van der Waals surface area contributed by atoms with Crippen LogP contribution in [0.2, 0.25) is 0 Å². The maximum atomic E-state index is 13.4. The van der Waals surface area contributed by atoms with Crippen LogP contribution in [0.5, 0.6) is 0 Å². The van der Waals surface area contributed by atoms with E-state index < -0.39 is 15.8 Å². The zero-order chi connectivity index (χ0) is 21.3. The molecular formula is C22H24F2N2O3S. The highest BCUT2D eigenvalue weighted by atomic mass is 32.2. The maximum absolute atomic E-state index is 13.4. The van der Waals surface area contributed by atoms with Crippen LogP contribution in [-0.2, 0) is 14.6 Å². The molecule has 5 nitrogen and oxygen atoms in total. The molecule has 1 atom stereocenters. The number of nitrogens with zero attached hydrogens (tertiary/aromatic N) is 2. The maximum Gasteiger partial charge on any atom is 0.226 e. The molecule has 0 aromatic heterocycles. The molecule has 2 aromatic carbocycles. The zero-order valence-corrected chi connectivity index (χ0v) is 17.3. The Morgan fingerprint density at radius 2 is 1.37 bits per heavy atom. The molecule has 160 valence electrons. The van der Waals surface area contributed by atoms with Gasteiger partial charge >= 0.3 is 0 Å². The van der Waals surface area contributed by atoms with Crippen molar-refractivity contribution >= 4 is 15.7 Å². The Bertz CT molecular complexity index is 956. The van der Waals surface area contributed by atoms with Crippen molar-refractivity contribution in [2.24, 2.45) is 5.92 Å². The van der Waals surface area contributed by atoms with Gasteiger partial charge in [0.05, 0.1) is 23.5 Å². The van der Waals surface area contributed by atoms with Gasteiger partial charge in [-0.1, -0.05) is 24.3 Å². The first-order valence-electron chi connectivity index (χ1n) is 10.1. The number of carbonyl (C=O) groups is 1. The molecule has 0 spiro atoms. The first-order chi connectivity index (χ1) is 14.3. The molecule has 0 radical (unpaired) electrons. The van der Waals surface area contributed by atoms with Crippen molar-refractivity contribution in [2.45, 2.75) is 12.5 Å². The first kappa shape index (κ1) is 20.9. The minimum Gasteiger partial charge on any atom is -0.340 e. The summed E-state index contributed by atoms with van der Waals surface area (Å²) in [5, 5.41) is 0. The summed E-state index contributed by atoms with van der Waals surface area (Å²) in [7, 11) is -3.10. The Morgan fingerprint density at radius 3 is 1.80 bits per heavy atom. The molecule has 0 N–H and O–H groups in total. The Balaban J connectivity index is 1.50. The van der Waals surface area contributed by atoms with E-state index in [0.29, 0.717) is 32.6 Å². The highest BCUT2D eigenvalue weighted by Gasteiger charge is 2.37. The molecular weight excluding hydrogens is 410 g/mol. The second-order valence-corrected chi connectivity index (χ2v) is 10.2. The van der Waals surface area contributed by atoms with E-state index >= 15 is 0 Å². The Hall–Kier alpha value is -2.32. The van der Waals surface area contributed by atoms with E-state index in [-0.39, 0.29) is 35.1 Å². The number of hydrogen-bond donors (Lipinski definition) is 0. The second-order valence-electron chi connectivity index (χ2n) is 7.97. The van der Waals surface area contributed by atoms with Crippen molar-refractivity contribution in [3.05, 3.63) is 71.3 Å². The Kier molecular flexibility index (Phi) is 5.88. The lowest BCUT2D eigenvalue weighted by Crippen LogP contribution is -2.51. The standard InChI is InChI=1S/C22H24F2N2O3S/c23-19-5-1-16(2-6-19)21(17-3-7-20(24)8-4-17)25-10-12-26(13-11-25)22(27)18-9-14-30(28,29)15-18/h1-8,18,21H,9-15H2/t18-/m1/s1. The molecule has 2 saturated heterocycles. The molecule has 2 aliphatic rings. The van der Waals surface area contributed by atoms with Crippen molar-refractivity contribution in [3.63, 3.8) is 0 Å². The first-order valence-corrected chi connectivity index (χ1v) is 11.9. The van der Waals surface area contributed by atoms with Crippen molar-refractivity contribution < 1.29 is 22.0 Å². The van der Waals surface area contributed by atoms with E-state index in [1.54, 1.807) is 29.2 Å². The second kappa shape index (κ2) is 8.43. The number of hydrogen-bond acceptors (Lipinski definition) is 4. The number of piperazine rings is 1. The summed E-state index contributed by atoms with van der Waals surface area (Å²) >= 11 is 0. The normalized spacial score (nSPS) is 21.8. The van der Waals surface area contributed by atoms with Crippen molar-refractivity contribution in [2.75, 3.05) is 37.7 Å². The average molecular weight is 435 g/mol. The molecule has 2 heterocycles. The molecule has 2 aromatic rings. The van der Waals surface area contributed by atoms with Crippen LogP contribution >= 0.6 is 0 Å². The fraction of sp³-hybridized carbons (Fsp3) is 0.409. The van der Waals surface area contributed by atoms with Gasteiger partial charge in [-0.2, -0.15) is 0 Å². The van der Waals surface area contributed by atoms with Crippen molar-refractivity contribution in [1.82, 2.24) is 9.80 Å². The molecule has 30 heavy (non-hydrogen) atoms. The highest BCUT2D eigenvalue weighted by Crippen LogP contribution is 2.30. The fourth-order valence-corrected chi connectivity index (χ4v) is 6.09. The van der Waals surface area contributed by atoms with Gasteiger partial charge in [0.2, 0.25) is 5.91 Å². The monoisotopic (exact) mass is 434 g/mol. The Labute approximate surface area is 175 Å². The molecule has 0 aliphatic carbocycles. The van der Waals surface area contributed by atoms with Gasteiger partial charge in [0.1, 0.15) is 11.6 Å². The van der Waals surface area contributed by atoms with Gasteiger partial charge in [0.25, 0.3) is 0 Å². The molecule has 1 amide bonds. The molecule has 0 bridgehead atoms. The van der Waals surface area contributed by atoms with Crippen LogP contribution in [-0.4, -0.2) is 61.8 Å². The lowest BCUT2D eigenvalue weighted by Gasteiger charge is -2.40. The van der Waals surface area contributed by atoms with Crippen molar-refractivity contribution in [3.8, 4) is 0 Å². The van der Waals surface area contributed by atoms with Crippen molar-refractivity contribution in [1.29, 1.82) is 0 Å². The third-order valence-corrected chi connectivity index (χ3v) is 7.71. The predicted molar refractivity (Wildman–Crippen MR) is 110 cm³/mol. The molecule has 8 heteroatoms. The average Bonchev–Trinajstić information content (AvgIpc) is 3.11. The summed E-state index contributed by atoms with van der Waals surface area (Å²) in [5.74, 6) is -1.14. The van der Waals surface area contributed by atoms with Gasteiger partial charge in [0.15, 0.2) is 9.84 Å². The van der Waals surface area contributed by atoms with Crippen LogP contribution in [0, 0.1) is 17.6 Å². The minimum atomic E-state index is -3.10. The fourth-order valence-electron chi connectivity index (χ4n) is 4.35. The lowest BCUT2D eigenvalue weighted by molar-refractivity contribution is -0.136. The molecule has 2 aliphatic heterocycles. The SMILES string of the molecule is O=C([C@@H]1CCS(=O)(=O)C1)N1CCN(C(c2ccc(F)cc2)c2ccc(F)cc2)CC1. The van der Waals surface area contributed by atoms with E-state index in [4.69, 9.17) is 0 Å². The van der Waals surface area contributed by atoms with Gasteiger partial charge in [-0.05, 0) is 41.8 Å². The number of rotatable bonds is 4. The van der Waals surface area contributed by atoms with Gasteiger partial charge in [-0.15, -0.1) is 0 Å². The molecule has 0 saturated carbocycles. The quantitative estimate of drug-likeness (QED) is 0.743. The summed E-state index contributed by atoms with van der Waals surface area (Å²) in [5.41, 5.74) is 1.79. The summed E-state index contributed by atoms with van der Waals surface area (Å²) in [6.45, 7) is 2.16. The number of amides is 1. The lowest BCUT2D eigenvalue weighted by atomic mass is 9.96. The van der Waals surface area contributed by atoms with E-state index in [9.17, 15) is 22.0 Å². The van der Waals surface area contributed by atoms with E-state index in [1.807, 2.05) is 0 Å². The van der Waals surface area contributed by atoms with Gasteiger partial charge in [-0.25, -0.2) is 17.2 Å². The molecule has 4 rings (SSSR count). The summed E-state index contributed by atoms with van der Waals surface area (Å²) in [6.07, 6.45) is 0.398. The minimum absolute atomic E-state index is 0.0557. The summed E-state index contributed by atoms with van der Waals surface area (Å²) in [6, 6.07) is 12.4. The van der Waals surface area contributed by atoms with Crippen LogP contribution in [0.3, 0.4) is 0 Å². The number of benzene rings is 2. The third kappa shape index (κ3) is 4.54. The van der Waals surface area contributed by atoms with Crippen LogP contribution in [0.15, 0.2) is 48.5 Å². The van der Waals surface area contributed by atoms with Crippen LogP contribution in [0.1, 0.15) is 23.6 Å². The van der Waals surface area contributed by atoms with Gasteiger partial charge in [-0.3, -0.25) is 9.69 Å². The summed E-state index contributed by atoms with van der Waals surface area (Å²) < 4.78 is 50.3. The number of carbonyl (C=O) groups excluding carboxylic acids is 1. The van der Waals surface area contributed by atoms with E-state index in [1.165, 1.54) is 24.3 Å².